The zero-order valence-corrected chi connectivity index (χ0v) is 9.37. The van der Waals surface area contributed by atoms with Crippen molar-refractivity contribution in [3.63, 3.8) is 0 Å². The molecule has 15 heavy (non-hydrogen) atoms. The van der Waals surface area contributed by atoms with Gasteiger partial charge < -0.3 is 15.0 Å². The van der Waals surface area contributed by atoms with Crippen LogP contribution in [0.2, 0.25) is 0 Å². The molecule has 1 N–H and O–H groups in total. The smallest absolute Gasteiger partial charge is 0.248 e. The molecule has 0 spiro atoms. The molecule has 2 saturated heterocycles. The van der Waals surface area contributed by atoms with Crippen LogP contribution in [0.4, 0.5) is 0 Å². The number of nitrogens with one attached hydrogen (secondary N) is 1. The van der Waals surface area contributed by atoms with Crippen molar-refractivity contribution in [1.82, 2.24) is 10.2 Å². The van der Waals surface area contributed by atoms with Crippen LogP contribution in [0.1, 0.15) is 19.8 Å². The molecule has 2 aliphatic rings. The number of hydrogen-bond donors (Lipinski definition) is 1. The standard InChI is InChI=1S/C11H20N2O2/c1-9-3-2-4-13(7-9)11(14)8-15-10-5-12-6-10/h9-10,12H,2-8H2,1H3. The van der Waals surface area contributed by atoms with Gasteiger partial charge in [0.15, 0.2) is 0 Å². The average molecular weight is 212 g/mol. The molecule has 4 nitrogen and oxygen atoms in total. The van der Waals surface area contributed by atoms with E-state index < -0.39 is 0 Å². The van der Waals surface area contributed by atoms with E-state index >= 15 is 0 Å². The summed E-state index contributed by atoms with van der Waals surface area (Å²) in [7, 11) is 0. The lowest BCUT2D eigenvalue weighted by atomic mass is 10.0. The fourth-order valence-corrected chi connectivity index (χ4v) is 2.08. The SMILES string of the molecule is CC1CCCN(C(=O)COC2CNC2)C1. The number of rotatable bonds is 3. The Balaban J connectivity index is 1.69. The van der Waals surface area contributed by atoms with Crippen molar-refractivity contribution in [2.24, 2.45) is 5.92 Å². The van der Waals surface area contributed by atoms with Crippen LogP contribution in [0.3, 0.4) is 0 Å². The maximum Gasteiger partial charge on any atom is 0.248 e. The fourth-order valence-electron chi connectivity index (χ4n) is 2.08. The fraction of sp³-hybridized carbons (Fsp3) is 0.909. The van der Waals surface area contributed by atoms with Crippen LogP contribution >= 0.6 is 0 Å². The summed E-state index contributed by atoms with van der Waals surface area (Å²) in [6.45, 7) is 6.07. The zero-order valence-electron chi connectivity index (χ0n) is 9.37. The average Bonchev–Trinajstić information content (AvgIpc) is 2.15. The van der Waals surface area contributed by atoms with Crippen LogP contribution in [0.25, 0.3) is 0 Å². The van der Waals surface area contributed by atoms with Gasteiger partial charge in [-0.2, -0.15) is 0 Å². The number of carbonyl (C=O) groups is 1. The Kier molecular flexibility index (Phi) is 3.59. The molecule has 2 fully saturated rings. The number of ether oxygens (including phenoxy) is 1. The summed E-state index contributed by atoms with van der Waals surface area (Å²) in [4.78, 5) is 13.7. The Labute approximate surface area is 91.0 Å². The van der Waals surface area contributed by atoms with Crippen molar-refractivity contribution < 1.29 is 9.53 Å². The van der Waals surface area contributed by atoms with E-state index in [4.69, 9.17) is 4.74 Å². The molecule has 0 bridgehead atoms. The van der Waals surface area contributed by atoms with Gasteiger partial charge >= 0.3 is 0 Å². The van der Waals surface area contributed by atoms with E-state index in [1.807, 2.05) is 4.90 Å². The van der Waals surface area contributed by atoms with E-state index in [-0.39, 0.29) is 18.6 Å². The lowest BCUT2D eigenvalue weighted by molar-refractivity contribution is -0.140. The van der Waals surface area contributed by atoms with E-state index in [9.17, 15) is 4.79 Å². The van der Waals surface area contributed by atoms with E-state index in [1.165, 1.54) is 6.42 Å². The topological polar surface area (TPSA) is 41.6 Å². The third-order valence-corrected chi connectivity index (χ3v) is 3.20. The molecule has 1 amide bonds. The van der Waals surface area contributed by atoms with Gasteiger partial charge in [0.2, 0.25) is 5.91 Å². The second-order valence-electron chi connectivity index (χ2n) is 4.68. The molecule has 0 radical (unpaired) electrons. The van der Waals surface area contributed by atoms with Gasteiger partial charge in [-0.3, -0.25) is 4.79 Å². The Morgan fingerprint density at radius 3 is 2.93 bits per heavy atom. The first-order chi connectivity index (χ1) is 7.25. The number of carbonyl (C=O) groups excluding carboxylic acids is 1. The van der Waals surface area contributed by atoms with Gasteiger partial charge in [0.1, 0.15) is 6.61 Å². The van der Waals surface area contributed by atoms with Crippen LogP contribution in [-0.4, -0.2) is 49.7 Å². The summed E-state index contributed by atoms with van der Waals surface area (Å²) in [6.07, 6.45) is 2.64. The van der Waals surface area contributed by atoms with Gasteiger partial charge in [0.25, 0.3) is 0 Å². The first-order valence-corrected chi connectivity index (χ1v) is 5.86. The molecular formula is C11H20N2O2. The van der Waals surface area contributed by atoms with Gasteiger partial charge in [0, 0.05) is 26.2 Å². The lowest BCUT2D eigenvalue weighted by Gasteiger charge is -2.32. The normalized spacial score (nSPS) is 27.5. The first-order valence-electron chi connectivity index (χ1n) is 5.86. The molecule has 2 rings (SSSR count). The lowest BCUT2D eigenvalue weighted by Crippen LogP contribution is -2.50. The minimum Gasteiger partial charge on any atom is -0.366 e. The highest BCUT2D eigenvalue weighted by atomic mass is 16.5. The molecule has 86 valence electrons. The minimum absolute atomic E-state index is 0.161. The number of likely N-dealkylation sites (tertiary alicyclic amines) is 1. The second-order valence-corrected chi connectivity index (χ2v) is 4.68. The molecule has 0 aliphatic carbocycles. The summed E-state index contributed by atoms with van der Waals surface area (Å²) in [5.74, 6) is 0.807. The molecule has 2 heterocycles. The van der Waals surface area contributed by atoms with Crippen molar-refractivity contribution >= 4 is 5.91 Å². The number of nitrogens with zero attached hydrogens (tertiary/aromatic N) is 1. The number of piperidine rings is 1. The Bertz CT molecular complexity index is 229. The van der Waals surface area contributed by atoms with Crippen molar-refractivity contribution in [3.8, 4) is 0 Å². The largest absolute Gasteiger partial charge is 0.366 e. The maximum absolute atomic E-state index is 11.8. The first kappa shape index (κ1) is 10.9. The van der Waals surface area contributed by atoms with Crippen LogP contribution in [0.5, 0.6) is 0 Å². The van der Waals surface area contributed by atoms with Crippen molar-refractivity contribution in [1.29, 1.82) is 0 Å². The molecule has 0 aromatic rings. The molecule has 0 aromatic carbocycles. The Hall–Kier alpha value is -0.610. The Morgan fingerprint density at radius 2 is 2.33 bits per heavy atom. The highest BCUT2D eigenvalue weighted by molar-refractivity contribution is 5.77. The molecule has 1 unspecified atom stereocenters. The molecule has 0 saturated carbocycles. The van der Waals surface area contributed by atoms with Gasteiger partial charge in [-0.25, -0.2) is 0 Å². The van der Waals surface area contributed by atoms with Gasteiger partial charge in [-0.05, 0) is 18.8 Å². The van der Waals surface area contributed by atoms with Crippen LogP contribution in [0.15, 0.2) is 0 Å². The number of amides is 1. The zero-order chi connectivity index (χ0) is 10.7. The summed E-state index contributed by atoms with van der Waals surface area (Å²) >= 11 is 0. The molecule has 0 aromatic heterocycles. The summed E-state index contributed by atoms with van der Waals surface area (Å²) in [6, 6.07) is 0. The van der Waals surface area contributed by atoms with Crippen molar-refractivity contribution in [2.75, 3.05) is 32.8 Å². The van der Waals surface area contributed by atoms with Crippen LogP contribution < -0.4 is 5.32 Å². The third-order valence-electron chi connectivity index (χ3n) is 3.20. The Morgan fingerprint density at radius 1 is 1.53 bits per heavy atom. The molecule has 4 heteroatoms. The summed E-state index contributed by atoms with van der Waals surface area (Å²) < 4.78 is 5.47. The quantitative estimate of drug-likeness (QED) is 0.728. The minimum atomic E-state index is 0.161. The molecule has 1 atom stereocenters. The monoisotopic (exact) mass is 212 g/mol. The summed E-state index contributed by atoms with van der Waals surface area (Å²) in [5.41, 5.74) is 0. The number of hydrogen-bond acceptors (Lipinski definition) is 3. The third kappa shape index (κ3) is 2.92. The van der Waals surface area contributed by atoms with Crippen molar-refractivity contribution in [2.45, 2.75) is 25.9 Å². The van der Waals surface area contributed by atoms with E-state index in [0.29, 0.717) is 5.92 Å². The highest BCUT2D eigenvalue weighted by Gasteiger charge is 2.23. The summed E-state index contributed by atoms with van der Waals surface area (Å²) in [5, 5.41) is 3.12. The second kappa shape index (κ2) is 4.94. The molecular weight excluding hydrogens is 192 g/mol. The van der Waals surface area contributed by atoms with Crippen LogP contribution in [0, 0.1) is 5.92 Å². The predicted octanol–water partition coefficient (Wildman–Crippen LogP) is 0.233. The van der Waals surface area contributed by atoms with Gasteiger partial charge in [-0.15, -0.1) is 0 Å². The van der Waals surface area contributed by atoms with Crippen molar-refractivity contribution in [3.05, 3.63) is 0 Å². The predicted molar refractivity (Wildman–Crippen MR) is 57.6 cm³/mol. The van der Waals surface area contributed by atoms with Gasteiger partial charge in [-0.1, -0.05) is 6.92 Å². The van der Waals surface area contributed by atoms with Crippen LogP contribution in [-0.2, 0) is 9.53 Å². The maximum atomic E-state index is 11.8. The van der Waals surface area contributed by atoms with E-state index in [0.717, 1.165) is 32.6 Å². The molecule has 2 aliphatic heterocycles. The highest BCUT2D eigenvalue weighted by Crippen LogP contribution is 2.15. The van der Waals surface area contributed by atoms with E-state index in [1.54, 1.807) is 0 Å². The van der Waals surface area contributed by atoms with E-state index in [2.05, 4.69) is 12.2 Å². The van der Waals surface area contributed by atoms with Gasteiger partial charge in [0.05, 0.1) is 6.10 Å².